The first-order valence-electron chi connectivity index (χ1n) is 9.63. The van der Waals surface area contributed by atoms with Gasteiger partial charge in [0, 0.05) is 29.9 Å². The van der Waals surface area contributed by atoms with Gasteiger partial charge in [-0.1, -0.05) is 24.3 Å². The monoisotopic (exact) mass is 375 g/mol. The minimum atomic E-state index is -0.116. The van der Waals surface area contributed by atoms with E-state index < -0.39 is 0 Å². The first kappa shape index (κ1) is 18.3. The van der Waals surface area contributed by atoms with Crippen LogP contribution in [0.1, 0.15) is 34.5 Å². The largest absolute Gasteiger partial charge is 0.464 e. The number of amides is 1. The maximum Gasteiger partial charge on any atom is 0.252 e. The van der Waals surface area contributed by atoms with Crippen molar-refractivity contribution in [1.82, 2.24) is 10.6 Å². The van der Waals surface area contributed by atoms with Crippen molar-refractivity contribution in [3.05, 3.63) is 77.6 Å². The van der Waals surface area contributed by atoms with Crippen molar-refractivity contribution in [2.75, 3.05) is 18.4 Å². The number of rotatable bonds is 6. The lowest BCUT2D eigenvalue weighted by Crippen LogP contribution is -2.51. The summed E-state index contributed by atoms with van der Waals surface area (Å²) in [5, 5.41) is 9.82. The van der Waals surface area contributed by atoms with Crippen molar-refractivity contribution < 1.29 is 9.21 Å². The van der Waals surface area contributed by atoms with Crippen molar-refractivity contribution in [2.45, 2.75) is 25.9 Å². The molecule has 0 aliphatic carbocycles. The highest BCUT2D eigenvalue weighted by Crippen LogP contribution is 2.24. The summed E-state index contributed by atoms with van der Waals surface area (Å²) in [6.45, 7) is 5.87. The van der Waals surface area contributed by atoms with Gasteiger partial charge in [-0.05, 0) is 55.3 Å². The molecular weight excluding hydrogens is 350 g/mol. The molecule has 5 heteroatoms. The van der Waals surface area contributed by atoms with Crippen LogP contribution in [-0.2, 0) is 0 Å². The fourth-order valence-corrected chi connectivity index (χ4v) is 3.34. The number of hydrogen-bond acceptors (Lipinski definition) is 4. The van der Waals surface area contributed by atoms with Gasteiger partial charge < -0.3 is 20.4 Å². The molecule has 144 valence electrons. The Morgan fingerprint density at radius 1 is 1.14 bits per heavy atom. The molecule has 4 rings (SSSR count). The number of carbonyl (C=O) groups excluding carboxylic acids is 1. The standard InChI is InChI=1S/C23H25N3O2/c1-15-8-9-19(26-20-13-24-14-20)12-21(15)23(27)25-16(2)17-5-3-6-18(11-17)22-7-4-10-28-22/h3-12,16,20,24,26H,13-14H2,1-2H3,(H,25,27)/t16-/m1/s1. The lowest BCUT2D eigenvalue weighted by molar-refractivity contribution is 0.0939. The Bertz CT molecular complexity index is 962. The van der Waals surface area contributed by atoms with E-state index in [4.69, 9.17) is 4.42 Å². The molecule has 1 aromatic heterocycles. The third-order valence-electron chi connectivity index (χ3n) is 5.17. The van der Waals surface area contributed by atoms with Gasteiger partial charge in [0.2, 0.25) is 0 Å². The Labute approximate surface area is 165 Å². The number of furan rings is 1. The van der Waals surface area contributed by atoms with Crippen LogP contribution in [0.4, 0.5) is 5.69 Å². The van der Waals surface area contributed by atoms with Crippen LogP contribution in [0.25, 0.3) is 11.3 Å². The average molecular weight is 375 g/mol. The summed E-state index contributed by atoms with van der Waals surface area (Å²) in [6.07, 6.45) is 1.66. The predicted molar refractivity (Wildman–Crippen MR) is 111 cm³/mol. The van der Waals surface area contributed by atoms with Gasteiger partial charge in [0.05, 0.1) is 18.3 Å². The van der Waals surface area contributed by atoms with E-state index in [1.165, 1.54) is 0 Å². The number of benzene rings is 2. The van der Waals surface area contributed by atoms with E-state index in [0.717, 1.165) is 41.2 Å². The molecule has 1 saturated heterocycles. The average Bonchev–Trinajstić information content (AvgIpc) is 3.20. The van der Waals surface area contributed by atoms with Gasteiger partial charge in [0.15, 0.2) is 0 Å². The molecule has 3 N–H and O–H groups in total. The Hall–Kier alpha value is -3.05. The van der Waals surface area contributed by atoms with E-state index in [1.54, 1.807) is 6.26 Å². The van der Waals surface area contributed by atoms with E-state index >= 15 is 0 Å². The van der Waals surface area contributed by atoms with Crippen molar-refractivity contribution in [1.29, 1.82) is 0 Å². The van der Waals surface area contributed by atoms with E-state index in [2.05, 4.69) is 22.0 Å². The Kier molecular flexibility index (Phi) is 5.17. The van der Waals surface area contributed by atoms with E-state index in [-0.39, 0.29) is 11.9 Å². The molecule has 0 spiro atoms. The zero-order valence-corrected chi connectivity index (χ0v) is 16.2. The van der Waals surface area contributed by atoms with Crippen molar-refractivity contribution >= 4 is 11.6 Å². The van der Waals surface area contributed by atoms with Gasteiger partial charge in [-0.2, -0.15) is 0 Å². The van der Waals surface area contributed by atoms with Crippen LogP contribution in [0.3, 0.4) is 0 Å². The van der Waals surface area contributed by atoms with Gasteiger partial charge in [-0.15, -0.1) is 0 Å². The van der Waals surface area contributed by atoms with Crippen molar-refractivity contribution in [2.24, 2.45) is 0 Å². The molecule has 1 amide bonds. The zero-order valence-electron chi connectivity index (χ0n) is 16.2. The Balaban J connectivity index is 1.48. The lowest BCUT2D eigenvalue weighted by Gasteiger charge is -2.29. The minimum absolute atomic E-state index is 0.0659. The van der Waals surface area contributed by atoms with Gasteiger partial charge in [-0.3, -0.25) is 4.79 Å². The Morgan fingerprint density at radius 3 is 2.71 bits per heavy atom. The first-order chi connectivity index (χ1) is 13.6. The first-order valence-corrected chi connectivity index (χ1v) is 9.63. The van der Waals surface area contributed by atoms with Gasteiger partial charge in [0.1, 0.15) is 5.76 Å². The molecule has 0 bridgehead atoms. The molecule has 1 fully saturated rings. The highest BCUT2D eigenvalue weighted by molar-refractivity contribution is 5.96. The Morgan fingerprint density at radius 2 is 2.00 bits per heavy atom. The molecule has 28 heavy (non-hydrogen) atoms. The molecule has 2 aromatic carbocycles. The quantitative estimate of drug-likeness (QED) is 0.606. The molecule has 0 saturated carbocycles. The fraction of sp³-hybridized carbons (Fsp3) is 0.261. The second-order valence-electron chi connectivity index (χ2n) is 7.33. The van der Waals surface area contributed by atoms with Gasteiger partial charge in [0.25, 0.3) is 5.91 Å². The van der Waals surface area contributed by atoms with Crippen LogP contribution < -0.4 is 16.0 Å². The fourth-order valence-electron chi connectivity index (χ4n) is 3.34. The molecule has 0 unspecified atom stereocenters. The third kappa shape index (κ3) is 3.94. The summed E-state index contributed by atoms with van der Waals surface area (Å²) < 4.78 is 5.48. The molecule has 2 heterocycles. The number of aryl methyl sites for hydroxylation is 1. The van der Waals surface area contributed by atoms with E-state index in [9.17, 15) is 4.79 Å². The van der Waals surface area contributed by atoms with Crippen LogP contribution in [0.2, 0.25) is 0 Å². The predicted octanol–water partition coefficient (Wildman–Crippen LogP) is 4.13. The molecule has 3 aromatic rings. The summed E-state index contributed by atoms with van der Waals surface area (Å²) in [4.78, 5) is 12.9. The normalized spacial score (nSPS) is 14.9. The molecule has 1 aliphatic rings. The minimum Gasteiger partial charge on any atom is -0.464 e. The topological polar surface area (TPSA) is 66.3 Å². The van der Waals surface area contributed by atoms with Crippen LogP contribution in [0, 0.1) is 6.92 Å². The van der Waals surface area contributed by atoms with Crippen LogP contribution >= 0.6 is 0 Å². The summed E-state index contributed by atoms with van der Waals surface area (Å²) >= 11 is 0. The smallest absolute Gasteiger partial charge is 0.252 e. The molecule has 5 nitrogen and oxygen atoms in total. The highest BCUT2D eigenvalue weighted by Gasteiger charge is 2.18. The summed E-state index contributed by atoms with van der Waals surface area (Å²) in [5.74, 6) is 0.754. The maximum absolute atomic E-state index is 12.9. The number of nitrogens with one attached hydrogen (secondary N) is 3. The SMILES string of the molecule is Cc1ccc(NC2CNC2)cc1C(=O)N[C@H](C)c1cccc(-c2ccco2)c1. The zero-order chi connectivity index (χ0) is 19.5. The summed E-state index contributed by atoms with van der Waals surface area (Å²) in [5.41, 5.74) is 4.68. The number of hydrogen-bond donors (Lipinski definition) is 3. The number of anilines is 1. The van der Waals surface area contributed by atoms with E-state index in [0.29, 0.717) is 11.6 Å². The number of carbonyl (C=O) groups is 1. The van der Waals surface area contributed by atoms with Gasteiger partial charge in [-0.25, -0.2) is 0 Å². The van der Waals surface area contributed by atoms with Gasteiger partial charge >= 0.3 is 0 Å². The maximum atomic E-state index is 12.9. The van der Waals surface area contributed by atoms with Crippen LogP contribution in [0.15, 0.2) is 65.3 Å². The molecule has 0 radical (unpaired) electrons. The van der Waals surface area contributed by atoms with Crippen LogP contribution in [-0.4, -0.2) is 25.0 Å². The molecule has 1 atom stereocenters. The molecule has 1 aliphatic heterocycles. The van der Waals surface area contributed by atoms with Crippen LogP contribution in [0.5, 0.6) is 0 Å². The lowest BCUT2D eigenvalue weighted by atomic mass is 10.0. The second kappa shape index (κ2) is 7.90. The molecular formula is C23H25N3O2. The second-order valence-corrected chi connectivity index (χ2v) is 7.33. The highest BCUT2D eigenvalue weighted by atomic mass is 16.3. The summed E-state index contributed by atoms with van der Waals surface area (Å²) in [6, 6.07) is 18.1. The summed E-state index contributed by atoms with van der Waals surface area (Å²) in [7, 11) is 0. The van der Waals surface area contributed by atoms with E-state index in [1.807, 2.05) is 62.4 Å². The van der Waals surface area contributed by atoms with Crippen molar-refractivity contribution in [3.63, 3.8) is 0 Å². The third-order valence-corrected chi connectivity index (χ3v) is 5.17. The van der Waals surface area contributed by atoms with Crippen molar-refractivity contribution in [3.8, 4) is 11.3 Å².